The summed E-state index contributed by atoms with van der Waals surface area (Å²) >= 11 is 0. The van der Waals surface area contributed by atoms with Crippen LogP contribution >= 0.6 is 0 Å². The number of ether oxygens (including phenoxy) is 1. The third-order valence-electron chi connectivity index (χ3n) is 2.77. The molecule has 20 heavy (non-hydrogen) atoms. The maximum absolute atomic E-state index is 12.5. The lowest BCUT2D eigenvalue weighted by atomic mass is 10.2. The molecule has 0 spiro atoms. The van der Waals surface area contributed by atoms with Gasteiger partial charge < -0.3 is 9.64 Å². The number of nitrogens with zero attached hydrogens (tertiary/aromatic N) is 5. The van der Waals surface area contributed by atoms with Gasteiger partial charge in [-0.2, -0.15) is 5.10 Å². The van der Waals surface area contributed by atoms with E-state index < -0.39 is 0 Å². The molecule has 0 aliphatic heterocycles. The maximum Gasteiger partial charge on any atom is 0.252 e. The second-order valence-corrected chi connectivity index (χ2v) is 4.49. The van der Waals surface area contributed by atoms with Gasteiger partial charge in [-0.25, -0.2) is 9.97 Å². The predicted molar refractivity (Wildman–Crippen MR) is 72.8 cm³/mol. The van der Waals surface area contributed by atoms with E-state index in [0.29, 0.717) is 18.0 Å². The molecule has 2 heterocycles. The van der Waals surface area contributed by atoms with Crippen molar-refractivity contribution < 1.29 is 9.53 Å². The second-order valence-electron chi connectivity index (χ2n) is 4.49. The van der Waals surface area contributed by atoms with Gasteiger partial charge in [0.1, 0.15) is 0 Å². The molecule has 0 aliphatic rings. The number of rotatable bonds is 6. The Kier molecular flexibility index (Phi) is 4.41. The highest BCUT2D eigenvalue weighted by molar-refractivity contribution is 6.07. The van der Waals surface area contributed by atoms with E-state index >= 15 is 0 Å². The molecule has 106 valence electrons. The average Bonchev–Trinajstić information content (AvgIpc) is 2.88. The fourth-order valence-corrected chi connectivity index (χ4v) is 1.73. The van der Waals surface area contributed by atoms with Crippen LogP contribution in [0.1, 0.15) is 16.3 Å². The van der Waals surface area contributed by atoms with E-state index in [4.69, 9.17) is 4.74 Å². The molecule has 2 aromatic rings. The lowest BCUT2D eigenvalue weighted by molar-refractivity contribution is 0.101. The van der Waals surface area contributed by atoms with Gasteiger partial charge in [-0.3, -0.25) is 9.48 Å². The first-order chi connectivity index (χ1) is 9.63. The van der Waals surface area contributed by atoms with E-state index in [1.54, 1.807) is 10.7 Å². The van der Waals surface area contributed by atoms with Crippen molar-refractivity contribution in [2.75, 3.05) is 27.7 Å². The smallest absolute Gasteiger partial charge is 0.252 e. The van der Waals surface area contributed by atoms with Crippen LogP contribution in [0.3, 0.4) is 0 Å². The van der Waals surface area contributed by atoms with E-state index in [2.05, 4.69) is 15.1 Å². The number of hydrogen-bond donors (Lipinski definition) is 0. The third-order valence-corrected chi connectivity index (χ3v) is 2.77. The molecule has 0 atom stereocenters. The van der Waals surface area contributed by atoms with Crippen molar-refractivity contribution in [1.82, 2.24) is 24.6 Å². The number of carbonyl (C=O) groups excluding carboxylic acids is 1. The van der Waals surface area contributed by atoms with Crippen molar-refractivity contribution in [1.29, 1.82) is 0 Å². The van der Waals surface area contributed by atoms with Gasteiger partial charge in [-0.05, 0) is 20.2 Å². The minimum atomic E-state index is -0.293. The summed E-state index contributed by atoms with van der Waals surface area (Å²) in [7, 11) is 5.43. The normalized spacial score (nSPS) is 10.8. The van der Waals surface area contributed by atoms with E-state index in [-0.39, 0.29) is 11.6 Å². The first kappa shape index (κ1) is 14.1. The Bertz CT molecular complexity index is 580. The third kappa shape index (κ3) is 3.00. The van der Waals surface area contributed by atoms with Gasteiger partial charge in [-0.1, -0.05) is 0 Å². The zero-order chi connectivity index (χ0) is 14.5. The van der Waals surface area contributed by atoms with E-state index in [0.717, 1.165) is 6.54 Å². The van der Waals surface area contributed by atoms with E-state index in [1.807, 2.05) is 19.0 Å². The first-order valence-corrected chi connectivity index (χ1v) is 6.19. The highest BCUT2D eigenvalue weighted by Gasteiger charge is 2.22. The highest BCUT2D eigenvalue weighted by Crippen LogP contribution is 2.19. The molecule has 0 bridgehead atoms. The van der Waals surface area contributed by atoms with Crippen LogP contribution in [0.15, 0.2) is 24.7 Å². The molecule has 0 aliphatic carbocycles. The molecular formula is C13H17N5O2. The van der Waals surface area contributed by atoms with Crippen LogP contribution in [-0.4, -0.2) is 58.2 Å². The molecule has 0 radical (unpaired) electrons. The van der Waals surface area contributed by atoms with Crippen molar-refractivity contribution in [3.05, 3.63) is 36.2 Å². The molecule has 0 saturated heterocycles. The summed E-state index contributed by atoms with van der Waals surface area (Å²) in [6, 6.07) is 1.66. The fraction of sp³-hybridized carbons (Fsp3) is 0.385. The Hall–Kier alpha value is -2.28. The van der Waals surface area contributed by atoms with Gasteiger partial charge in [0.15, 0.2) is 11.4 Å². The Morgan fingerprint density at radius 2 is 2.05 bits per heavy atom. The van der Waals surface area contributed by atoms with Crippen molar-refractivity contribution in [2.45, 2.75) is 6.54 Å². The molecule has 0 saturated carbocycles. The Morgan fingerprint density at radius 1 is 1.35 bits per heavy atom. The summed E-state index contributed by atoms with van der Waals surface area (Å²) in [5, 5.41) is 4.19. The van der Waals surface area contributed by atoms with Crippen LogP contribution in [0.5, 0.6) is 5.75 Å². The molecule has 2 aromatic heterocycles. The fourth-order valence-electron chi connectivity index (χ4n) is 1.73. The van der Waals surface area contributed by atoms with Crippen LogP contribution < -0.4 is 4.74 Å². The summed E-state index contributed by atoms with van der Waals surface area (Å²) in [6.45, 7) is 1.35. The van der Waals surface area contributed by atoms with Gasteiger partial charge >= 0.3 is 0 Å². The van der Waals surface area contributed by atoms with Crippen molar-refractivity contribution in [3.8, 4) is 5.75 Å². The summed E-state index contributed by atoms with van der Waals surface area (Å²) in [6.07, 6.45) is 4.60. The molecule has 0 amide bonds. The minimum Gasteiger partial charge on any atom is -0.493 e. The predicted octanol–water partition coefficient (Wildman–Crippen LogP) is 0.474. The Labute approximate surface area is 117 Å². The van der Waals surface area contributed by atoms with Crippen LogP contribution in [0.2, 0.25) is 0 Å². The lowest BCUT2D eigenvalue weighted by Crippen LogP contribution is -2.22. The number of hydrogen-bond acceptors (Lipinski definition) is 6. The van der Waals surface area contributed by atoms with Gasteiger partial charge in [0.25, 0.3) is 5.78 Å². The summed E-state index contributed by atoms with van der Waals surface area (Å²) in [5.41, 5.74) is 0.376. The molecule has 2 rings (SSSR count). The maximum atomic E-state index is 12.5. The number of ketones is 1. The van der Waals surface area contributed by atoms with Gasteiger partial charge in [-0.15, -0.1) is 0 Å². The van der Waals surface area contributed by atoms with Gasteiger partial charge in [0.2, 0.25) is 5.82 Å². The number of likely N-dealkylation sites (N-methyl/N-ethyl adjacent to an activating group) is 1. The molecule has 0 aromatic carbocycles. The van der Waals surface area contributed by atoms with Crippen molar-refractivity contribution in [3.63, 3.8) is 0 Å². The molecule has 7 nitrogen and oxygen atoms in total. The molecule has 0 N–H and O–H groups in total. The molecule has 0 fully saturated rings. The van der Waals surface area contributed by atoms with Crippen LogP contribution in [0.25, 0.3) is 0 Å². The summed E-state index contributed by atoms with van der Waals surface area (Å²) in [4.78, 5) is 22.4. The largest absolute Gasteiger partial charge is 0.493 e. The van der Waals surface area contributed by atoms with Crippen LogP contribution in [0.4, 0.5) is 0 Å². The van der Waals surface area contributed by atoms with Crippen molar-refractivity contribution >= 4 is 5.78 Å². The molecule has 0 unspecified atom stereocenters. The molecular weight excluding hydrogens is 258 g/mol. The average molecular weight is 275 g/mol. The number of aromatic nitrogens is 4. The topological polar surface area (TPSA) is 73.1 Å². The standard InChI is InChI=1S/C13H17N5O2/c1-17(2)7-8-18-11(10(20-3)9-16-18)12(19)13-14-5-4-6-15-13/h4-6,9H,7-8H2,1-3H3. The van der Waals surface area contributed by atoms with E-state index in [9.17, 15) is 4.79 Å². The van der Waals surface area contributed by atoms with Crippen LogP contribution in [-0.2, 0) is 6.54 Å². The quantitative estimate of drug-likeness (QED) is 0.714. The number of methoxy groups -OCH3 is 1. The zero-order valence-corrected chi connectivity index (χ0v) is 11.8. The zero-order valence-electron chi connectivity index (χ0n) is 11.8. The van der Waals surface area contributed by atoms with Crippen LogP contribution in [0, 0.1) is 0 Å². The monoisotopic (exact) mass is 275 g/mol. The van der Waals surface area contributed by atoms with Crippen molar-refractivity contribution in [2.24, 2.45) is 0 Å². The van der Waals surface area contributed by atoms with Gasteiger partial charge in [0, 0.05) is 18.9 Å². The lowest BCUT2D eigenvalue weighted by Gasteiger charge is -2.11. The Balaban J connectivity index is 2.33. The number of carbonyl (C=O) groups is 1. The summed E-state index contributed by atoms with van der Waals surface area (Å²) < 4.78 is 6.82. The molecule has 7 heteroatoms. The first-order valence-electron chi connectivity index (χ1n) is 6.19. The van der Waals surface area contributed by atoms with E-state index in [1.165, 1.54) is 25.7 Å². The van der Waals surface area contributed by atoms with Gasteiger partial charge in [0.05, 0.1) is 19.9 Å². The highest BCUT2D eigenvalue weighted by atomic mass is 16.5. The summed E-state index contributed by atoms with van der Waals surface area (Å²) in [5.74, 6) is 0.275. The second kappa shape index (κ2) is 6.25. The SMILES string of the molecule is COc1cnn(CCN(C)C)c1C(=O)c1ncccn1. The Morgan fingerprint density at radius 3 is 2.65 bits per heavy atom. The minimum absolute atomic E-state index is 0.136.